The smallest absolute Gasteiger partial charge is 0.325 e. The number of fused-ring (bicyclic) bond motifs is 1. The summed E-state index contributed by atoms with van der Waals surface area (Å²) in [5, 5.41) is 4.60. The van der Waals surface area contributed by atoms with E-state index in [1.54, 1.807) is 23.6 Å². The van der Waals surface area contributed by atoms with Gasteiger partial charge >= 0.3 is 5.69 Å². The molecule has 0 saturated carbocycles. The highest BCUT2D eigenvalue weighted by molar-refractivity contribution is 7.17. The Kier molecular flexibility index (Phi) is 5.61. The van der Waals surface area contributed by atoms with Crippen molar-refractivity contribution in [3.63, 3.8) is 0 Å². The Balaban J connectivity index is 1.73. The lowest BCUT2D eigenvalue weighted by Crippen LogP contribution is -2.40. The molecule has 0 fully saturated rings. The number of carbonyl (C=O) groups is 1. The fourth-order valence-electron chi connectivity index (χ4n) is 3.56. The SMILES string of the molecule is Cc1ccccc1-n1c(=O)c2sccc2n(CC(=O)Nc2ccc(C(C)C)cc2)c1=O. The van der Waals surface area contributed by atoms with E-state index in [0.717, 1.165) is 10.1 Å². The van der Waals surface area contributed by atoms with Crippen molar-refractivity contribution in [2.24, 2.45) is 0 Å². The quantitative estimate of drug-likeness (QED) is 0.510. The lowest BCUT2D eigenvalue weighted by atomic mass is 10.0. The summed E-state index contributed by atoms with van der Waals surface area (Å²) in [4.78, 5) is 39.1. The first kappa shape index (κ1) is 20.8. The molecule has 0 aliphatic heterocycles. The van der Waals surface area contributed by atoms with Gasteiger partial charge in [0.15, 0.2) is 0 Å². The number of anilines is 1. The molecule has 1 amide bonds. The van der Waals surface area contributed by atoms with Gasteiger partial charge < -0.3 is 5.32 Å². The summed E-state index contributed by atoms with van der Waals surface area (Å²) in [6, 6.07) is 16.6. The normalized spacial score (nSPS) is 11.2. The number of hydrogen-bond acceptors (Lipinski definition) is 4. The predicted molar refractivity (Wildman–Crippen MR) is 126 cm³/mol. The highest BCUT2D eigenvalue weighted by Gasteiger charge is 2.18. The van der Waals surface area contributed by atoms with Crippen LogP contribution >= 0.6 is 11.3 Å². The molecule has 2 heterocycles. The number of aryl methyl sites for hydroxylation is 1. The van der Waals surface area contributed by atoms with Crippen LogP contribution in [0.15, 0.2) is 69.6 Å². The second-order valence-corrected chi connectivity index (χ2v) is 8.67. The van der Waals surface area contributed by atoms with Crippen molar-refractivity contribution in [2.75, 3.05) is 5.32 Å². The molecule has 2 aromatic heterocycles. The van der Waals surface area contributed by atoms with Gasteiger partial charge in [-0.1, -0.05) is 44.2 Å². The molecule has 2 aromatic carbocycles. The van der Waals surface area contributed by atoms with Crippen LogP contribution in [-0.4, -0.2) is 15.0 Å². The number of rotatable bonds is 5. The molecule has 7 heteroatoms. The first-order chi connectivity index (χ1) is 14.9. The summed E-state index contributed by atoms with van der Waals surface area (Å²) in [6.45, 7) is 5.87. The zero-order chi connectivity index (χ0) is 22.1. The van der Waals surface area contributed by atoms with Gasteiger partial charge in [0.2, 0.25) is 5.91 Å². The summed E-state index contributed by atoms with van der Waals surface area (Å²) >= 11 is 1.26. The minimum Gasteiger partial charge on any atom is -0.325 e. The lowest BCUT2D eigenvalue weighted by molar-refractivity contribution is -0.116. The topological polar surface area (TPSA) is 73.1 Å². The third kappa shape index (κ3) is 3.96. The van der Waals surface area contributed by atoms with Crippen LogP contribution in [0.5, 0.6) is 0 Å². The van der Waals surface area contributed by atoms with Gasteiger partial charge in [0.1, 0.15) is 11.2 Å². The monoisotopic (exact) mass is 433 g/mol. The van der Waals surface area contributed by atoms with Crippen LogP contribution in [0.1, 0.15) is 30.9 Å². The molecule has 0 aliphatic carbocycles. The van der Waals surface area contributed by atoms with Gasteiger partial charge in [-0.2, -0.15) is 0 Å². The second kappa shape index (κ2) is 8.35. The van der Waals surface area contributed by atoms with Crippen LogP contribution in [0.2, 0.25) is 0 Å². The zero-order valence-corrected chi connectivity index (χ0v) is 18.4. The molecular weight excluding hydrogens is 410 g/mol. The molecule has 4 aromatic rings. The zero-order valence-electron chi connectivity index (χ0n) is 17.6. The molecule has 0 saturated heterocycles. The molecule has 0 unspecified atom stereocenters. The maximum atomic E-state index is 13.3. The van der Waals surface area contributed by atoms with E-state index in [0.29, 0.717) is 27.5 Å². The predicted octanol–water partition coefficient (Wildman–Crippen LogP) is 4.28. The Morgan fingerprint density at radius 1 is 1.03 bits per heavy atom. The molecular formula is C24H23N3O3S. The van der Waals surface area contributed by atoms with E-state index in [2.05, 4.69) is 19.2 Å². The Morgan fingerprint density at radius 3 is 2.42 bits per heavy atom. The molecule has 0 atom stereocenters. The van der Waals surface area contributed by atoms with Gasteiger partial charge in [-0.25, -0.2) is 9.36 Å². The van der Waals surface area contributed by atoms with E-state index < -0.39 is 5.69 Å². The van der Waals surface area contributed by atoms with Crippen molar-refractivity contribution in [2.45, 2.75) is 33.2 Å². The van der Waals surface area contributed by atoms with E-state index in [1.165, 1.54) is 21.5 Å². The standard InChI is InChI=1S/C24H23N3O3S/c1-15(2)17-8-10-18(11-9-17)25-21(28)14-26-20-12-13-31-22(20)23(29)27(24(26)30)19-7-5-4-6-16(19)3/h4-13,15H,14H2,1-3H3,(H,25,28). The van der Waals surface area contributed by atoms with Gasteiger partial charge in [0, 0.05) is 5.69 Å². The number of aromatic nitrogens is 2. The maximum Gasteiger partial charge on any atom is 0.336 e. The number of thiophene rings is 1. The molecule has 1 N–H and O–H groups in total. The number of carbonyl (C=O) groups excluding carboxylic acids is 1. The van der Waals surface area contributed by atoms with Gasteiger partial charge in [-0.3, -0.25) is 14.2 Å². The number of hydrogen-bond donors (Lipinski definition) is 1. The fourth-order valence-corrected chi connectivity index (χ4v) is 4.39. The molecule has 0 aliphatic rings. The molecule has 0 bridgehead atoms. The van der Waals surface area contributed by atoms with E-state index in [4.69, 9.17) is 0 Å². The minimum atomic E-state index is -0.532. The largest absolute Gasteiger partial charge is 0.336 e. The molecule has 6 nitrogen and oxygen atoms in total. The van der Waals surface area contributed by atoms with Crippen LogP contribution < -0.4 is 16.6 Å². The molecule has 31 heavy (non-hydrogen) atoms. The number of para-hydroxylation sites is 1. The third-order valence-corrected chi connectivity index (χ3v) is 6.17. The molecule has 158 valence electrons. The minimum absolute atomic E-state index is 0.190. The van der Waals surface area contributed by atoms with Crippen LogP contribution in [0.3, 0.4) is 0 Å². The molecule has 0 spiro atoms. The number of amides is 1. The van der Waals surface area contributed by atoms with Gasteiger partial charge in [0.05, 0.1) is 11.2 Å². The van der Waals surface area contributed by atoms with Crippen molar-refractivity contribution in [1.29, 1.82) is 0 Å². The highest BCUT2D eigenvalue weighted by atomic mass is 32.1. The molecule has 4 rings (SSSR count). The first-order valence-electron chi connectivity index (χ1n) is 10.1. The Bertz CT molecular complexity index is 1380. The number of nitrogens with one attached hydrogen (secondary N) is 1. The maximum absolute atomic E-state index is 13.3. The van der Waals surface area contributed by atoms with E-state index >= 15 is 0 Å². The van der Waals surface area contributed by atoms with Crippen molar-refractivity contribution < 1.29 is 4.79 Å². The van der Waals surface area contributed by atoms with Crippen molar-refractivity contribution in [3.05, 3.63) is 91.9 Å². The Morgan fingerprint density at radius 2 is 1.74 bits per heavy atom. The second-order valence-electron chi connectivity index (χ2n) is 7.76. The number of nitrogens with zero attached hydrogens (tertiary/aromatic N) is 2. The van der Waals surface area contributed by atoms with Crippen LogP contribution in [-0.2, 0) is 11.3 Å². The van der Waals surface area contributed by atoms with Crippen molar-refractivity contribution in [3.8, 4) is 5.69 Å². The van der Waals surface area contributed by atoms with Crippen molar-refractivity contribution >= 4 is 33.1 Å². The summed E-state index contributed by atoms with van der Waals surface area (Å²) in [5.74, 6) is 0.0691. The Labute approximate surface area is 183 Å². The molecule has 0 radical (unpaired) electrons. The summed E-state index contributed by atoms with van der Waals surface area (Å²) < 4.78 is 2.95. The van der Waals surface area contributed by atoms with Gasteiger partial charge in [-0.05, 0) is 53.6 Å². The first-order valence-corrected chi connectivity index (χ1v) is 10.9. The average molecular weight is 434 g/mol. The fraction of sp³-hybridized carbons (Fsp3) is 0.208. The van der Waals surface area contributed by atoms with E-state index in [-0.39, 0.29) is 18.0 Å². The van der Waals surface area contributed by atoms with Crippen LogP contribution in [0.25, 0.3) is 15.9 Å². The van der Waals surface area contributed by atoms with Gasteiger partial charge in [-0.15, -0.1) is 11.3 Å². The van der Waals surface area contributed by atoms with E-state index in [9.17, 15) is 14.4 Å². The van der Waals surface area contributed by atoms with Crippen molar-refractivity contribution in [1.82, 2.24) is 9.13 Å². The third-order valence-electron chi connectivity index (χ3n) is 5.27. The Hall–Kier alpha value is -3.45. The summed E-state index contributed by atoms with van der Waals surface area (Å²) in [6.07, 6.45) is 0. The van der Waals surface area contributed by atoms with Gasteiger partial charge in [0.25, 0.3) is 5.56 Å². The van der Waals surface area contributed by atoms with Crippen LogP contribution in [0.4, 0.5) is 5.69 Å². The number of benzene rings is 2. The highest BCUT2D eigenvalue weighted by Crippen LogP contribution is 2.19. The average Bonchev–Trinajstić information content (AvgIpc) is 3.23. The van der Waals surface area contributed by atoms with E-state index in [1.807, 2.05) is 43.3 Å². The lowest BCUT2D eigenvalue weighted by Gasteiger charge is -2.14. The summed E-state index contributed by atoms with van der Waals surface area (Å²) in [5.41, 5.74) is 2.73. The van der Waals surface area contributed by atoms with Crippen LogP contribution in [0, 0.1) is 6.92 Å². The summed E-state index contributed by atoms with van der Waals surface area (Å²) in [7, 11) is 0.